The first kappa shape index (κ1) is 16.7. The molecule has 2 rings (SSSR count). The second-order valence-corrected chi connectivity index (χ2v) is 6.15. The van der Waals surface area contributed by atoms with Crippen LogP contribution in [0.2, 0.25) is 0 Å². The first-order chi connectivity index (χ1) is 10.8. The number of carbonyl (C=O) groups excluding carboxylic acids is 1. The Morgan fingerprint density at radius 1 is 0.957 bits per heavy atom. The molecule has 9 heteroatoms. The zero-order chi connectivity index (χ0) is 17.0. The van der Waals surface area contributed by atoms with Crippen LogP contribution < -0.4 is 15.4 Å². The summed E-state index contributed by atoms with van der Waals surface area (Å²) < 4.78 is 52.4. The summed E-state index contributed by atoms with van der Waals surface area (Å²) in [7, 11) is -2.59. The summed E-state index contributed by atoms with van der Waals surface area (Å²) in [4.78, 5) is 10.7. The molecule has 122 valence electrons. The van der Waals surface area contributed by atoms with E-state index in [0.717, 1.165) is 12.1 Å². The van der Waals surface area contributed by atoms with E-state index >= 15 is 0 Å². The summed E-state index contributed by atoms with van der Waals surface area (Å²) in [6.45, 7) is 0. The lowest BCUT2D eigenvalue weighted by Crippen LogP contribution is -2.24. The molecule has 0 aliphatic carbocycles. The van der Waals surface area contributed by atoms with Crippen LogP contribution in [-0.2, 0) is 10.0 Å². The predicted molar refractivity (Wildman–Crippen MR) is 81.7 cm³/mol. The molecule has 0 radical (unpaired) electrons. The van der Waals surface area contributed by atoms with E-state index in [4.69, 9.17) is 0 Å². The maximum absolute atomic E-state index is 13.1. The summed E-state index contributed by atoms with van der Waals surface area (Å²) in [6.07, 6.45) is 0. The van der Waals surface area contributed by atoms with Gasteiger partial charge in [0.15, 0.2) is 11.6 Å². The minimum Gasteiger partial charge on any atom is -0.341 e. The van der Waals surface area contributed by atoms with Gasteiger partial charge in [-0.05, 0) is 42.5 Å². The zero-order valence-corrected chi connectivity index (χ0v) is 12.7. The van der Waals surface area contributed by atoms with E-state index in [9.17, 15) is 22.0 Å². The molecule has 0 aliphatic rings. The summed E-state index contributed by atoms with van der Waals surface area (Å²) in [5.74, 6) is -2.38. The number of halogens is 2. The van der Waals surface area contributed by atoms with Gasteiger partial charge < -0.3 is 10.6 Å². The predicted octanol–water partition coefficient (Wildman–Crippen LogP) is 2.52. The molecule has 0 fully saturated rings. The third-order valence-corrected chi connectivity index (χ3v) is 4.20. The Bertz CT molecular complexity index is 824. The molecule has 0 bridgehead atoms. The standard InChI is InChI=1S/C14H13F2N3O3S/c1-17-14(20)18-9-2-4-10(5-3-9)19-23(21,22)11-6-7-12(15)13(16)8-11/h2-8,19H,1H3,(H2,17,18,20). The number of urea groups is 1. The molecule has 2 amide bonds. The van der Waals surface area contributed by atoms with Crippen LogP contribution in [0.25, 0.3) is 0 Å². The number of hydrogen-bond acceptors (Lipinski definition) is 3. The molecule has 0 heterocycles. The van der Waals surface area contributed by atoms with Gasteiger partial charge in [-0.3, -0.25) is 4.72 Å². The summed E-state index contributed by atoms with van der Waals surface area (Å²) in [5.41, 5.74) is 0.664. The van der Waals surface area contributed by atoms with E-state index in [1.165, 1.54) is 31.3 Å². The fraction of sp³-hybridized carbons (Fsp3) is 0.0714. The number of sulfonamides is 1. The Balaban J connectivity index is 2.17. The van der Waals surface area contributed by atoms with Crippen LogP contribution in [0.1, 0.15) is 0 Å². The van der Waals surface area contributed by atoms with Crippen molar-refractivity contribution < 1.29 is 22.0 Å². The summed E-state index contributed by atoms with van der Waals surface area (Å²) in [5, 5.41) is 4.88. The number of rotatable bonds is 4. The number of hydrogen-bond donors (Lipinski definition) is 3. The lowest BCUT2D eigenvalue weighted by atomic mass is 10.3. The van der Waals surface area contributed by atoms with Gasteiger partial charge in [0.25, 0.3) is 10.0 Å². The molecule has 0 spiro atoms. The monoisotopic (exact) mass is 341 g/mol. The Labute approximate surface area is 131 Å². The third kappa shape index (κ3) is 4.16. The highest BCUT2D eigenvalue weighted by Gasteiger charge is 2.16. The number of nitrogens with one attached hydrogen (secondary N) is 3. The van der Waals surface area contributed by atoms with Crippen molar-refractivity contribution in [1.82, 2.24) is 5.32 Å². The van der Waals surface area contributed by atoms with Crippen LogP contribution in [0.15, 0.2) is 47.4 Å². The van der Waals surface area contributed by atoms with Crippen molar-refractivity contribution in [3.8, 4) is 0 Å². The highest BCUT2D eigenvalue weighted by molar-refractivity contribution is 7.92. The molecule has 0 unspecified atom stereocenters. The third-order valence-electron chi connectivity index (χ3n) is 2.82. The molecule has 2 aromatic carbocycles. The first-order valence-electron chi connectivity index (χ1n) is 6.38. The number of benzene rings is 2. The maximum Gasteiger partial charge on any atom is 0.318 e. The molecule has 0 atom stereocenters. The molecular weight excluding hydrogens is 328 g/mol. The summed E-state index contributed by atoms with van der Waals surface area (Å²) in [6, 6.07) is 7.68. The Morgan fingerprint density at radius 2 is 1.57 bits per heavy atom. The Kier molecular flexibility index (Phi) is 4.80. The minimum atomic E-state index is -4.05. The Morgan fingerprint density at radius 3 is 2.13 bits per heavy atom. The van der Waals surface area contributed by atoms with Crippen LogP contribution >= 0.6 is 0 Å². The fourth-order valence-corrected chi connectivity index (χ4v) is 2.74. The van der Waals surface area contributed by atoms with Crippen LogP contribution in [-0.4, -0.2) is 21.5 Å². The second kappa shape index (κ2) is 6.61. The van der Waals surface area contributed by atoms with Gasteiger partial charge in [-0.1, -0.05) is 0 Å². The highest BCUT2D eigenvalue weighted by atomic mass is 32.2. The van der Waals surface area contributed by atoms with Crippen LogP contribution in [0, 0.1) is 11.6 Å². The number of carbonyl (C=O) groups is 1. The molecule has 0 saturated heterocycles. The van der Waals surface area contributed by atoms with Gasteiger partial charge in [0, 0.05) is 18.4 Å². The van der Waals surface area contributed by atoms with Crippen molar-refractivity contribution in [2.45, 2.75) is 4.90 Å². The van der Waals surface area contributed by atoms with Crippen LogP contribution in [0.3, 0.4) is 0 Å². The van der Waals surface area contributed by atoms with Gasteiger partial charge in [-0.25, -0.2) is 22.0 Å². The largest absolute Gasteiger partial charge is 0.341 e. The van der Waals surface area contributed by atoms with Crippen molar-refractivity contribution in [2.75, 3.05) is 17.1 Å². The first-order valence-corrected chi connectivity index (χ1v) is 7.87. The topological polar surface area (TPSA) is 87.3 Å². The molecule has 0 aliphatic heterocycles. The van der Waals surface area contributed by atoms with Gasteiger partial charge in [-0.2, -0.15) is 0 Å². The van der Waals surface area contributed by atoms with Gasteiger partial charge in [0.05, 0.1) is 4.90 Å². The second-order valence-electron chi connectivity index (χ2n) is 4.46. The molecule has 23 heavy (non-hydrogen) atoms. The number of anilines is 2. The van der Waals surface area contributed by atoms with Gasteiger partial charge >= 0.3 is 6.03 Å². The highest BCUT2D eigenvalue weighted by Crippen LogP contribution is 2.19. The van der Waals surface area contributed by atoms with E-state index in [0.29, 0.717) is 11.8 Å². The van der Waals surface area contributed by atoms with Crippen LogP contribution in [0.5, 0.6) is 0 Å². The SMILES string of the molecule is CNC(=O)Nc1ccc(NS(=O)(=O)c2ccc(F)c(F)c2)cc1. The molecule has 0 saturated carbocycles. The van der Waals surface area contributed by atoms with Crippen LogP contribution in [0.4, 0.5) is 25.0 Å². The van der Waals surface area contributed by atoms with Crippen molar-refractivity contribution in [3.05, 3.63) is 54.1 Å². The number of amides is 2. The fourth-order valence-electron chi connectivity index (χ4n) is 1.67. The normalized spacial score (nSPS) is 10.9. The van der Waals surface area contributed by atoms with E-state index in [-0.39, 0.29) is 5.69 Å². The quantitative estimate of drug-likeness (QED) is 0.798. The average Bonchev–Trinajstić information content (AvgIpc) is 2.51. The van der Waals surface area contributed by atoms with Crippen molar-refractivity contribution >= 4 is 27.4 Å². The lowest BCUT2D eigenvalue weighted by Gasteiger charge is -2.09. The van der Waals surface area contributed by atoms with Gasteiger partial charge in [-0.15, -0.1) is 0 Å². The van der Waals surface area contributed by atoms with Crippen molar-refractivity contribution in [3.63, 3.8) is 0 Å². The molecule has 6 nitrogen and oxygen atoms in total. The van der Waals surface area contributed by atoms with E-state index in [1.54, 1.807) is 0 Å². The zero-order valence-electron chi connectivity index (χ0n) is 11.9. The molecule has 2 aromatic rings. The van der Waals surface area contributed by atoms with Crippen molar-refractivity contribution in [2.24, 2.45) is 0 Å². The van der Waals surface area contributed by atoms with Gasteiger partial charge in [0.2, 0.25) is 0 Å². The molecule has 0 aromatic heterocycles. The van der Waals surface area contributed by atoms with Gasteiger partial charge in [0.1, 0.15) is 0 Å². The maximum atomic E-state index is 13.1. The van der Waals surface area contributed by atoms with Crippen molar-refractivity contribution in [1.29, 1.82) is 0 Å². The smallest absolute Gasteiger partial charge is 0.318 e. The minimum absolute atomic E-state index is 0.206. The van der Waals surface area contributed by atoms with E-state index in [2.05, 4.69) is 15.4 Å². The Hall–Kier alpha value is -2.68. The molecular formula is C14H13F2N3O3S. The lowest BCUT2D eigenvalue weighted by molar-refractivity contribution is 0.254. The summed E-state index contributed by atoms with van der Waals surface area (Å²) >= 11 is 0. The average molecular weight is 341 g/mol. The van der Waals surface area contributed by atoms with E-state index in [1.807, 2.05) is 0 Å². The van der Waals surface area contributed by atoms with E-state index < -0.39 is 32.6 Å². The molecule has 3 N–H and O–H groups in total.